The van der Waals surface area contributed by atoms with E-state index in [9.17, 15) is 0 Å². The molecule has 0 spiro atoms. The van der Waals surface area contributed by atoms with E-state index in [4.69, 9.17) is 4.52 Å². The third kappa shape index (κ3) is 3.17. The molecule has 0 fully saturated rings. The van der Waals surface area contributed by atoms with Crippen LogP contribution in [0.5, 0.6) is 0 Å². The number of benzene rings is 1. The van der Waals surface area contributed by atoms with E-state index in [2.05, 4.69) is 39.6 Å². The highest BCUT2D eigenvalue weighted by Gasteiger charge is 2.09. The summed E-state index contributed by atoms with van der Waals surface area (Å²) in [5, 5.41) is 11.4. The van der Waals surface area contributed by atoms with E-state index in [1.54, 1.807) is 6.20 Å². The predicted octanol–water partition coefficient (Wildman–Crippen LogP) is 2.41. The quantitative estimate of drug-likeness (QED) is 0.778. The fraction of sp³-hybridized carbons (Fsp3) is 0.267. The lowest BCUT2D eigenvalue weighted by Gasteiger charge is -2.14. The van der Waals surface area contributed by atoms with Crippen LogP contribution < -0.4 is 5.32 Å². The highest BCUT2D eigenvalue weighted by molar-refractivity contribution is 5.36. The molecular formula is C15H17N5O. The first-order chi connectivity index (χ1) is 10.2. The highest BCUT2D eigenvalue weighted by atomic mass is 16.5. The minimum atomic E-state index is 0.174. The lowest BCUT2D eigenvalue weighted by molar-refractivity contribution is 0.357. The van der Waals surface area contributed by atoms with Gasteiger partial charge in [0.25, 0.3) is 0 Å². The van der Waals surface area contributed by atoms with E-state index < -0.39 is 0 Å². The van der Waals surface area contributed by atoms with Crippen LogP contribution in [-0.2, 0) is 6.54 Å². The second-order valence-electron chi connectivity index (χ2n) is 4.88. The maximum atomic E-state index is 5.10. The van der Waals surface area contributed by atoms with Crippen LogP contribution in [0.25, 0.3) is 5.69 Å². The van der Waals surface area contributed by atoms with Crippen LogP contribution in [0, 0.1) is 6.92 Å². The van der Waals surface area contributed by atoms with Crippen molar-refractivity contribution in [3.63, 3.8) is 0 Å². The van der Waals surface area contributed by atoms with Gasteiger partial charge in [0, 0.05) is 18.4 Å². The Morgan fingerprint density at radius 1 is 1.33 bits per heavy atom. The number of rotatable bonds is 5. The third-order valence-corrected chi connectivity index (χ3v) is 3.27. The minimum absolute atomic E-state index is 0.174. The molecule has 1 unspecified atom stereocenters. The lowest BCUT2D eigenvalue weighted by atomic mass is 10.1. The molecule has 0 aliphatic carbocycles. The SMILES string of the molecule is Cc1noc(CNC(C)c2cccc(-n3cccn3)c2)n1. The van der Waals surface area contributed by atoms with E-state index >= 15 is 0 Å². The number of hydrogen-bond acceptors (Lipinski definition) is 5. The van der Waals surface area contributed by atoms with Gasteiger partial charge in [-0.25, -0.2) is 4.68 Å². The maximum Gasteiger partial charge on any atom is 0.240 e. The van der Waals surface area contributed by atoms with E-state index in [1.807, 2.05) is 36.0 Å². The normalized spacial score (nSPS) is 12.5. The van der Waals surface area contributed by atoms with Gasteiger partial charge >= 0.3 is 0 Å². The van der Waals surface area contributed by atoms with Gasteiger partial charge in [-0.2, -0.15) is 10.1 Å². The van der Waals surface area contributed by atoms with Gasteiger partial charge in [0.15, 0.2) is 5.82 Å². The highest BCUT2D eigenvalue weighted by Crippen LogP contribution is 2.16. The molecule has 0 saturated carbocycles. The number of hydrogen-bond donors (Lipinski definition) is 1. The van der Waals surface area contributed by atoms with Gasteiger partial charge in [-0.1, -0.05) is 17.3 Å². The Morgan fingerprint density at radius 3 is 2.95 bits per heavy atom. The molecule has 108 valence electrons. The summed E-state index contributed by atoms with van der Waals surface area (Å²) in [6.45, 7) is 4.46. The van der Waals surface area contributed by atoms with Gasteiger partial charge in [0.1, 0.15) is 0 Å². The molecule has 1 aromatic carbocycles. The van der Waals surface area contributed by atoms with E-state index in [0.29, 0.717) is 18.3 Å². The molecule has 1 N–H and O–H groups in total. The van der Waals surface area contributed by atoms with Gasteiger partial charge in [0.2, 0.25) is 5.89 Å². The zero-order valence-electron chi connectivity index (χ0n) is 12.0. The largest absolute Gasteiger partial charge is 0.338 e. The van der Waals surface area contributed by atoms with Crippen molar-refractivity contribution in [2.75, 3.05) is 0 Å². The van der Waals surface area contributed by atoms with Crippen molar-refractivity contribution in [1.82, 2.24) is 25.2 Å². The summed E-state index contributed by atoms with van der Waals surface area (Å²) in [5.41, 5.74) is 2.22. The Hall–Kier alpha value is -2.47. The van der Waals surface area contributed by atoms with Crippen LogP contribution in [0.3, 0.4) is 0 Å². The summed E-state index contributed by atoms with van der Waals surface area (Å²) in [6, 6.07) is 10.3. The zero-order chi connectivity index (χ0) is 14.7. The van der Waals surface area contributed by atoms with Gasteiger partial charge in [-0.15, -0.1) is 0 Å². The van der Waals surface area contributed by atoms with E-state index in [0.717, 1.165) is 5.69 Å². The van der Waals surface area contributed by atoms with Crippen molar-refractivity contribution < 1.29 is 4.52 Å². The standard InChI is InChI=1S/C15H17N5O/c1-11(16-10-15-18-12(2)19-21-15)13-5-3-6-14(9-13)20-8-4-7-17-20/h3-9,11,16H,10H2,1-2H3. The van der Waals surface area contributed by atoms with Gasteiger partial charge in [-0.3, -0.25) is 0 Å². The summed E-state index contributed by atoms with van der Waals surface area (Å²) in [4.78, 5) is 4.18. The van der Waals surface area contributed by atoms with Crippen molar-refractivity contribution in [2.24, 2.45) is 0 Å². The van der Waals surface area contributed by atoms with Crippen LogP contribution in [0.2, 0.25) is 0 Å². The number of aromatic nitrogens is 4. The molecule has 0 aliphatic rings. The van der Waals surface area contributed by atoms with Gasteiger partial charge < -0.3 is 9.84 Å². The van der Waals surface area contributed by atoms with Crippen LogP contribution >= 0.6 is 0 Å². The maximum absolute atomic E-state index is 5.10. The molecule has 2 aromatic heterocycles. The van der Waals surface area contributed by atoms with Crippen molar-refractivity contribution in [1.29, 1.82) is 0 Å². The Morgan fingerprint density at radius 2 is 2.24 bits per heavy atom. The first-order valence-corrected chi connectivity index (χ1v) is 6.85. The van der Waals surface area contributed by atoms with Crippen molar-refractivity contribution >= 4 is 0 Å². The Bertz CT molecular complexity index is 704. The van der Waals surface area contributed by atoms with Gasteiger partial charge in [-0.05, 0) is 37.6 Å². The second-order valence-corrected chi connectivity index (χ2v) is 4.88. The molecule has 0 aliphatic heterocycles. The van der Waals surface area contributed by atoms with E-state index in [-0.39, 0.29) is 6.04 Å². The second kappa shape index (κ2) is 5.88. The predicted molar refractivity (Wildman–Crippen MR) is 77.9 cm³/mol. The Kier molecular flexibility index (Phi) is 3.79. The van der Waals surface area contributed by atoms with E-state index in [1.165, 1.54) is 5.56 Å². The van der Waals surface area contributed by atoms with Gasteiger partial charge in [0.05, 0.1) is 12.2 Å². The fourth-order valence-electron chi connectivity index (χ4n) is 2.13. The third-order valence-electron chi connectivity index (χ3n) is 3.27. The Balaban J connectivity index is 1.69. The topological polar surface area (TPSA) is 68.8 Å². The molecule has 0 amide bonds. The number of nitrogens with one attached hydrogen (secondary N) is 1. The zero-order valence-corrected chi connectivity index (χ0v) is 12.0. The molecule has 21 heavy (non-hydrogen) atoms. The molecule has 0 saturated heterocycles. The van der Waals surface area contributed by atoms with Crippen molar-refractivity contribution in [3.8, 4) is 5.69 Å². The first kappa shape index (κ1) is 13.5. The van der Waals surface area contributed by atoms with Crippen LogP contribution in [-0.4, -0.2) is 19.9 Å². The molecule has 0 bridgehead atoms. The Labute approximate surface area is 122 Å². The molecule has 6 nitrogen and oxygen atoms in total. The summed E-state index contributed by atoms with van der Waals surface area (Å²) >= 11 is 0. The molecule has 1 atom stereocenters. The lowest BCUT2D eigenvalue weighted by Crippen LogP contribution is -2.18. The smallest absolute Gasteiger partial charge is 0.240 e. The monoisotopic (exact) mass is 283 g/mol. The van der Waals surface area contributed by atoms with Crippen molar-refractivity contribution in [3.05, 3.63) is 60.0 Å². The number of nitrogens with zero attached hydrogens (tertiary/aromatic N) is 4. The molecule has 3 rings (SSSR count). The summed E-state index contributed by atoms with van der Waals surface area (Å²) in [5.74, 6) is 1.25. The summed E-state index contributed by atoms with van der Waals surface area (Å²) in [7, 11) is 0. The average Bonchev–Trinajstić information content (AvgIpc) is 3.16. The minimum Gasteiger partial charge on any atom is -0.338 e. The number of aryl methyl sites for hydroxylation is 1. The first-order valence-electron chi connectivity index (χ1n) is 6.85. The summed E-state index contributed by atoms with van der Waals surface area (Å²) in [6.07, 6.45) is 3.70. The fourth-order valence-corrected chi connectivity index (χ4v) is 2.13. The van der Waals surface area contributed by atoms with Crippen molar-refractivity contribution in [2.45, 2.75) is 26.4 Å². The summed E-state index contributed by atoms with van der Waals surface area (Å²) < 4.78 is 6.94. The molecule has 6 heteroatoms. The average molecular weight is 283 g/mol. The van der Waals surface area contributed by atoms with Crippen LogP contribution in [0.1, 0.15) is 30.2 Å². The molecule has 0 radical (unpaired) electrons. The van der Waals surface area contributed by atoms with Crippen LogP contribution in [0.4, 0.5) is 0 Å². The molecule has 3 aromatic rings. The molecular weight excluding hydrogens is 266 g/mol. The van der Waals surface area contributed by atoms with Crippen LogP contribution in [0.15, 0.2) is 47.2 Å². The molecule has 2 heterocycles.